The quantitative estimate of drug-likeness (QED) is 0.740. The van der Waals surface area contributed by atoms with Crippen LogP contribution in [0.3, 0.4) is 0 Å². The van der Waals surface area contributed by atoms with Gasteiger partial charge in [0.25, 0.3) is 0 Å². The molecule has 1 aromatic rings. The maximum atomic E-state index is 13.1. The van der Waals surface area contributed by atoms with Crippen molar-refractivity contribution in [3.05, 3.63) is 23.2 Å². The molecule has 8 nitrogen and oxygen atoms in total. The molecule has 11 heteroatoms. The van der Waals surface area contributed by atoms with Gasteiger partial charge in [0.1, 0.15) is 11.5 Å². The molecule has 1 N–H and O–H groups in total. The molecule has 0 saturated carbocycles. The number of carbonyl (C=O) groups is 3. The van der Waals surface area contributed by atoms with Crippen LogP contribution in [0.5, 0.6) is 0 Å². The van der Waals surface area contributed by atoms with Gasteiger partial charge in [-0.25, -0.2) is 4.79 Å². The lowest BCUT2D eigenvalue weighted by atomic mass is 9.78. The third-order valence-corrected chi connectivity index (χ3v) is 6.19. The number of carboxylic acid groups (broad SMARTS) is 1. The summed E-state index contributed by atoms with van der Waals surface area (Å²) >= 11 is 0. The fourth-order valence-corrected chi connectivity index (χ4v) is 4.17. The van der Waals surface area contributed by atoms with Crippen molar-refractivity contribution in [1.82, 2.24) is 14.7 Å². The Morgan fingerprint density at radius 1 is 1.31 bits per heavy atom. The minimum atomic E-state index is -5.08. The number of nitrogens with zero attached hydrogens (tertiary/aromatic N) is 3. The van der Waals surface area contributed by atoms with Gasteiger partial charge in [0.15, 0.2) is 0 Å². The van der Waals surface area contributed by atoms with Crippen LogP contribution < -0.4 is 0 Å². The number of likely N-dealkylation sites (tertiary alicyclic amines) is 2. The van der Waals surface area contributed by atoms with Gasteiger partial charge in [0.2, 0.25) is 11.8 Å². The number of hydrogen-bond acceptors (Lipinski definition) is 5. The van der Waals surface area contributed by atoms with Gasteiger partial charge < -0.3 is 19.3 Å². The van der Waals surface area contributed by atoms with E-state index >= 15 is 0 Å². The molecule has 0 aromatic carbocycles. The van der Waals surface area contributed by atoms with Gasteiger partial charge >= 0.3 is 12.1 Å². The van der Waals surface area contributed by atoms with Crippen LogP contribution in [0.1, 0.15) is 30.4 Å². The summed E-state index contributed by atoms with van der Waals surface area (Å²) in [5.74, 6) is -0.422. The van der Waals surface area contributed by atoms with Crippen molar-refractivity contribution in [2.75, 3.05) is 40.3 Å². The first-order valence-corrected chi connectivity index (χ1v) is 10.2. The zero-order chi connectivity index (χ0) is 24.4. The molecule has 3 rings (SSSR count). The molecule has 1 spiro atoms. The van der Waals surface area contributed by atoms with E-state index in [0.717, 1.165) is 37.6 Å². The average molecular weight is 461 g/mol. The molecule has 0 bridgehead atoms. The molecule has 2 aliphatic rings. The normalized spacial score (nSPS) is 23.4. The highest BCUT2D eigenvalue weighted by Gasteiger charge is 2.55. The number of aliphatic carboxylic acids is 1. The maximum absolute atomic E-state index is 13.1. The van der Waals surface area contributed by atoms with Gasteiger partial charge in [-0.2, -0.15) is 13.2 Å². The fourth-order valence-electron chi connectivity index (χ4n) is 4.17. The molecule has 2 amide bonds. The number of halogens is 3. The van der Waals surface area contributed by atoms with E-state index < -0.39 is 12.1 Å². The highest BCUT2D eigenvalue weighted by molar-refractivity contribution is 5.90. The number of carbonyl (C=O) groups excluding carboxylic acids is 2. The lowest BCUT2D eigenvalue weighted by Crippen LogP contribution is -2.43. The summed E-state index contributed by atoms with van der Waals surface area (Å²) < 4.78 is 37.5. The third-order valence-electron chi connectivity index (χ3n) is 6.19. The van der Waals surface area contributed by atoms with E-state index in [0.29, 0.717) is 6.54 Å². The maximum Gasteiger partial charge on any atom is 0.490 e. The Kier molecular flexibility index (Phi) is 7.64. The number of amides is 2. The van der Waals surface area contributed by atoms with Crippen LogP contribution in [0.25, 0.3) is 0 Å². The van der Waals surface area contributed by atoms with Crippen LogP contribution in [-0.2, 0) is 20.9 Å². The fraction of sp³-hybridized carbons (Fsp3) is 0.667. The molecule has 0 unspecified atom stereocenters. The van der Waals surface area contributed by atoms with E-state index in [1.165, 1.54) is 5.56 Å². The average Bonchev–Trinajstić information content (AvgIpc) is 3.26. The van der Waals surface area contributed by atoms with E-state index in [-0.39, 0.29) is 29.7 Å². The first-order chi connectivity index (χ1) is 14.7. The number of aryl methyl sites for hydroxylation is 2. The Labute approximate surface area is 184 Å². The van der Waals surface area contributed by atoms with Gasteiger partial charge in [0, 0.05) is 33.7 Å². The number of rotatable bonds is 4. The van der Waals surface area contributed by atoms with Crippen molar-refractivity contribution in [1.29, 1.82) is 0 Å². The number of alkyl halides is 3. The van der Waals surface area contributed by atoms with Crippen molar-refractivity contribution >= 4 is 17.8 Å². The highest BCUT2D eigenvalue weighted by atomic mass is 19.4. The summed E-state index contributed by atoms with van der Waals surface area (Å²) in [6.07, 6.45) is -4.25. The molecule has 2 saturated heterocycles. The van der Waals surface area contributed by atoms with E-state index in [1.807, 2.05) is 6.92 Å². The highest BCUT2D eigenvalue weighted by Crippen LogP contribution is 2.45. The number of furan rings is 1. The second-order valence-electron chi connectivity index (χ2n) is 8.75. The molecule has 1 aromatic heterocycles. The largest absolute Gasteiger partial charge is 0.490 e. The van der Waals surface area contributed by atoms with Gasteiger partial charge in [-0.1, -0.05) is 6.92 Å². The van der Waals surface area contributed by atoms with Gasteiger partial charge in [-0.3, -0.25) is 14.5 Å². The van der Waals surface area contributed by atoms with Crippen molar-refractivity contribution in [2.45, 2.75) is 39.9 Å². The van der Waals surface area contributed by atoms with Crippen molar-refractivity contribution in [3.8, 4) is 0 Å². The zero-order valence-electron chi connectivity index (χ0n) is 19.0. The third kappa shape index (κ3) is 5.62. The van der Waals surface area contributed by atoms with Gasteiger partial charge in [-0.15, -0.1) is 0 Å². The van der Waals surface area contributed by atoms with E-state index in [1.54, 1.807) is 23.9 Å². The van der Waals surface area contributed by atoms with Crippen LogP contribution in [0, 0.1) is 25.2 Å². The molecule has 2 aliphatic heterocycles. The smallest absolute Gasteiger partial charge is 0.475 e. The summed E-state index contributed by atoms with van der Waals surface area (Å²) in [6, 6.07) is 2.09. The lowest BCUT2D eigenvalue weighted by molar-refractivity contribution is -0.192. The second-order valence-corrected chi connectivity index (χ2v) is 8.75. The molecule has 180 valence electrons. The predicted octanol–water partition coefficient (Wildman–Crippen LogP) is 2.29. The molecule has 2 fully saturated rings. The Hall–Kier alpha value is -2.56. The van der Waals surface area contributed by atoms with E-state index in [9.17, 15) is 22.8 Å². The monoisotopic (exact) mass is 461 g/mol. The summed E-state index contributed by atoms with van der Waals surface area (Å²) in [6.45, 7) is 9.44. The minimum absolute atomic E-state index is 0.0190. The van der Waals surface area contributed by atoms with Crippen LogP contribution in [0.2, 0.25) is 0 Å². The van der Waals surface area contributed by atoms with Crippen molar-refractivity contribution < 1.29 is 37.1 Å². The minimum Gasteiger partial charge on any atom is -0.475 e. The molecule has 0 radical (unpaired) electrons. The number of likely N-dealkylation sites (N-methyl/N-ethyl adjacent to an activating group) is 1. The van der Waals surface area contributed by atoms with E-state index in [4.69, 9.17) is 14.3 Å². The zero-order valence-corrected chi connectivity index (χ0v) is 19.0. The number of carboxylic acids is 1. The summed E-state index contributed by atoms with van der Waals surface area (Å²) in [5.41, 5.74) is 0.825. The molecule has 0 aliphatic carbocycles. The van der Waals surface area contributed by atoms with Crippen LogP contribution in [0.15, 0.2) is 10.5 Å². The molecule has 2 atom stereocenters. The first-order valence-electron chi connectivity index (χ1n) is 10.2. The van der Waals surface area contributed by atoms with Crippen molar-refractivity contribution in [3.63, 3.8) is 0 Å². The summed E-state index contributed by atoms with van der Waals surface area (Å²) in [4.78, 5) is 39.5. The molecule has 3 heterocycles. The Morgan fingerprint density at radius 3 is 2.38 bits per heavy atom. The van der Waals surface area contributed by atoms with Crippen LogP contribution in [0.4, 0.5) is 13.2 Å². The topological polar surface area (TPSA) is 94.3 Å². The predicted molar refractivity (Wildman–Crippen MR) is 109 cm³/mol. The van der Waals surface area contributed by atoms with Crippen LogP contribution in [-0.4, -0.2) is 84.0 Å². The molecular formula is C21H30F3N3O5. The van der Waals surface area contributed by atoms with Gasteiger partial charge in [-0.05, 0) is 37.8 Å². The Bertz CT molecular complexity index is 848. The van der Waals surface area contributed by atoms with Crippen LogP contribution >= 0.6 is 0 Å². The van der Waals surface area contributed by atoms with E-state index in [2.05, 4.69) is 24.8 Å². The second kappa shape index (κ2) is 9.51. The molecule has 32 heavy (non-hydrogen) atoms. The standard InChI is InChI=1S/C19H29N3O3.C2HF3O2/c1-13-8-16(25-15(13)3)10-21-9-14(2)19(12-21)6-7-22(18(19)24)11-17(23)20(4)5;3-2(4,5)1(6)7/h8,14H,6-7,9-12H2,1-5H3;(H,6,7)/t14-,19-;/m1./s1. The SMILES string of the molecule is Cc1cc(CN2C[C@@H](C)[C@@]3(CCN(CC(=O)N(C)C)C3=O)C2)oc1C.O=C(O)C(F)(F)F. The lowest BCUT2D eigenvalue weighted by Gasteiger charge is -2.27. The first kappa shape index (κ1) is 25.7. The Morgan fingerprint density at radius 2 is 1.91 bits per heavy atom. The Balaban J connectivity index is 0.000000451. The summed E-state index contributed by atoms with van der Waals surface area (Å²) in [5, 5.41) is 7.12. The molecular weight excluding hydrogens is 431 g/mol. The van der Waals surface area contributed by atoms with Crippen molar-refractivity contribution in [2.24, 2.45) is 11.3 Å². The number of hydrogen-bond donors (Lipinski definition) is 1. The summed E-state index contributed by atoms with van der Waals surface area (Å²) in [7, 11) is 3.46. The van der Waals surface area contributed by atoms with Gasteiger partial charge in [0.05, 0.1) is 18.5 Å².